The lowest BCUT2D eigenvalue weighted by Crippen LogP contribution is -2.52. The summed E-state index contributed by atoms with van der Waals surface area (Å²) in [5.74, 6) is 0.520. The summed E-state index contributed by atoms with van der Waals surface area (Å²) < 4.78 is 0. The summed E-state index contributed by atoms with van der Waals surface area (Å²) in [7, 11) is 4.37. The number of nitrogens with zero attached hydrogens (tertiary/aromatic N) is 2. The number of hydrogen-bond donors (Lipinski definition) is 2. The molecule has 1 saturated carbocycles. The number of H-pyrrole nitrogens is 1. The van der Waals surface area contributed by atoms with Gasteiger partial charge in [0.2, 0.25) is 0 Å². The van der Waals surface area contributed by atoms with Crippen molar-refractivity contribution in [2.75, 3.05) is 27.2 Å². The molecule has 0 unspecified atom stereocenters. The number of carbonyl (C=O) groups excluding carboxylic acids is 1. The molecule has 1 aromatic heterocycles. The molecule has 2 N–H and O–H groups in total. The molecule has 0 atom stereocenters. The van der Waals surface area contributed by atoms with E-state index in [1.165, 1.54) is 22.0 Å². The van der Waals surface area contributed by atoms with E-state index in [1.54, 1.807) is 0 Å². The van der Waals surface area contributed by atoms with Gasteiger partial charge in [-0.3, -0.25) is 4.90 Å². The van der Waals surface area contributed by atoms with Crippen LogP contribution in [0.15, 0.2) is 60.8 Å². The quantitative estimate of drug-likeness (QED) is 0.490. The number of amides is 2. The summed E-state index contributed by atoms with van der Waals surface area (Å²) >= 11 is 0. The Kier molecular flexibility index (Phi) is 7.54. The second-order valence-electron chi connectivity index (χ2n) is 10.1. The van der Waals surface area contributed by atoms with Crippen molar-refractivity contribution in [1.29, 1.82) is 0 Å². The highest BCUT2D eigenvalue weighted by atomic mass is 35.5. The number of aromatic amines is 1. The highest BCUT2D eigenvalue weighted by Gasteiger charge is 2.39. The van der Waals surface area contributed by atoms with Gasteiger partial charge in [-0.05, 0) is 75.7 Å². The largest absolute Gasteiger partial charge is 0.361 e. The number of fused-ring (bicyclic) bond motifs is 1. The number of carbonyl (C=O) groups is 1. The molecule has 3 aromatic rings. The second-order valence-corrected chi connectivity index (χ2v) is 10.1. The van der Waals surface area contributed by atoms with Gasteiger partial charge in [0.05, 0.1) is 0 Å². The molecule has 34 heavy (non-hydrogen) atoms. The standard InChI is InChI=1S/C28H36N4O.ClH/c1-31(2)28(22-8-4-3-5-9-22)16-12-23(13-17-28)30-27(33)32-18-14-21(15-19-32)25-20-29-26-11-7-6-10-24(25)26;/h3-11,20-21,23,29H,12-19H2,1-2H3,(H,30,33);1H. The van der Waals surface area contributed by atoms with Crippen molar-refractivity contribution in [1.82, 2.24) is 20.1 Å². The Bertz CT molecular complexity index is 1080. The predicted octanol–water partition coefficient (Wildman–Crippen LogP) is 5.88. The molecule has 2 heterocycles. The van der Waals surface area contributed by atoms with Crippen LogP contribution < -0.4 is 5.32 Å². The van der Waals surface area contributed by atoms with Crippen molar-refractivity contribution in [3.05, 3.63) is 71.9 Å². The minimum atomic E-state index is 0. The molecule has 5 rings (SSSR count). The molecule has 0 radical (unpaired) electrons. The number of piperidine rings is 1. The Morgan fingerprint density at radius 1 is 0.971 bits per heavy atom. The third-order valence-electron chi connectivity index (χ3n) is 8.15. The van der Waals surface area contributed by atoms with Gasteiger partial charge in [0.1, 0.15) is 0 Å². The maximum Gasteiger partial charge on any atom is 0.317 e. The van der Waals surface area contributed by atoms with Gasteiger partial charge < -0.3 is 15.2 Å². The minimum absolute atomic E-state index is 0. The van der Waals surface area contributed by atoms with Gasteiger partial charge in [0.15, 0.2) is 0 Å². The number of likely N-dealkylation sites (tertiary alicyclic amines) is 1. The second kappa shape index (κ2) is 10.4. The molecular formula is C28H37ClN4O. The molecule has 182 valence electrons. The summed E-state index contributed by atoms with van der Waals surface area (Å²) in [6, 6.07) is 19.7. The van der Waals surface area contributed by atoms with E-state index < -0.39 is 0 Å². The molecule has 5 nitrogen and oxygen atoms in total. The fraction of sp³-hybridized carbons (Fsp3) is 0.464. The monoisotopic (exact) mass is 480 g/mol. The van der Waals surface area contributed by atoms with Crippen LogP contribution >= 0.6 is 12.4 Å². The van der Waals surface area contributed by atoms with Gasteiger partial charge in [0.25, 0.3) is 0 Å². The zero-order valence-electron chi connectivity index (χ0n) is 20.3. The molecule has 2 aliphatic rings. The van der Waals surface area contributed by atoms with E-state index in [0.717, 1.165) is 51.6 Å². The normalized spacial score (nSPS) is 23.6. The molecule has 0 spiro atoms. The van der Waals surface area contributed by atoms with Gasteiger partial charge in [0, 0.05) is 41.8 Å². The van der Waals surface area contributed by atoms with Crippen LogP contribution in [0.25, 0.3) is 10.9 Å². The van der Waals surface area contributed by atoms with Crippen molar-refractivity contribution in [2.45, 2.75) is 56.0 Å². The van der Waals surface area contributed by atoms with Crippen molar-refractivity contribution in [3.8, 4) is 0 Å². The Hall–Kier alpha value is -2.50. The van der Waals surface area contributed by atoms with Gasteiger partial charge in [-0.2, -0.15) is 0 Å². The fourth-order valence-corrected chi connectivity index (χ4v) is 6.07. The highest BCUT2D eigenvalue weighted by molar-refractivity contribution is 5.85. The van der Waals surface area contributed by atoms with E-state index in [4.69, 9.17) is 0 Å². The van der Waals surface area contributed by atoms with Crippen molar-refractivity contribution in [3.63, 3.8) is 0 Å². The number of nitrogens with one attached hydrogen (secondary N) is 2. The zero-order valence-corrected chi connectivity index (χ0v) is 21.1. The SMILES string of the molecule is CN(C)C1(c2ccccc2)CCC(NC(=O)N2CCC(c3c[nH]c4ccccc34)CC2)CC1.Cl. The maximum absolute atomic E-state index is 13.0. The van der Waals surface area contributed by atoms with Gasteiger partial charge >= 0.3 is 6.03 Å². The maximum atomic E-state index is 13.0. The Morgan fingerprint density at radius 2 is 1.62 bits per heavy atom. The first-order valence-corrected chi connectivity index (χ1v) is 12.4. The summed E-state index contributed by atoms with van der Waals surface area (Å²) in [5, 5.41) is 4.68. The Balaban J connectivity index is 0.00000274. The van der Waals surface area contributed by atoms with Crippen LogP contribution in [0.5, 0.6) is 0 Å². The first-order valence-electron chi connectivity index (χ1n) is 12.4. The molecule has 2 aromatic carbocycles. The first-order chi connectivity index (χ1) is 16.1. The number of benzene rings is 2. The van der Waals surface area contributed by atoms with Crippen LogP contribution in [-0.2, 0) is 5.54 Å². The molecule has 1 aliphatic carbocycles. The van der Waals surface area contributed by atoms with E-state index in [-0.39, 0.29) is 30.0 Å². The number of aromatic nitrogens is 1. The average molecular weight is 481 g/mol. The molecule has 2 amide bonds. The number of para-hydroxylation sites is 1. The van der Waals surface area contributed by atoms with E-state index in [0.29, 0.717) is 5.92 Å². The lowest BCUT2D eigenvalue weighted by Gasteiger charge is -2.46. The van der Waals surface area contributed by atoms with Gasteiger partial charge in [-0.15, -0.1) is 12.4 Å². The average Bonchev–Trinajstić information content (AvgIpc) is 3.29. The van der Waals surface area contributed by atoms with Crippen LogP contribution in [0.2, 0.25) is 0 Å². The molecule has 1 aliphatic heterocycles. The topological polar surface area (TPSA) is 51.4 Å². The third kappa shape index (κ3) is 4.69. The van der Waals surface area contributed by atoms with Gasteiger partial charge in [-0.25, -0.2) is 4.79 Å². The van der Waals surface area contributed by atoms with Crippen molar-refractivity contribution in [2.24, 2.45) is 0 Å². The number of halogens is 1. The predicted molar refractivity (Wildman–Crippen MR) is 142 cm³/mol. The highest BCUT2D eigenvalue weighted by Crippen LogP contribution is 2.41. The van der Waals surface area contributed by atoms with Crippen molar-refractivity contribution < 1.29 is 4.79 Å². The van der Waals surface area contributed by atoms with Crippen molar-refractivity contribution >= 4 is 29.3 Å². The third-order valence-corrected chi connectivity index (χ3v) is 8.15. The molecule has 1 saturated heterocycles. The molecular weight excluding hydrogens is 444 g/mol. The lowest BCUT2D eigenvalue weighted by molar-refractivity contribution is 0.0849. The summed E-state index contributed by atoms with van der Waals surface area (Å²) in [5.41, 5.74) is 4.06. The lowest BCUT2D eigenvalue weighted by atomic mass is 9.74. The Morgan fingerprint density at radius 3 is 2.29 bits per heavy atom. The van der Waals surface area contributed by atoms with E-state index in [1.807, 2.05) is 4.90 Å². The number of hydrogen-bond acceptors (Lipinski definition) is 2. The van der Waals surface area contributed by atoms with Crippen LogP contribution in [0.3, 0.4) is 0 Å². The van der Waals surface area contributed by atoms with E-state index in [2.05, 4.69) is 90.1 Å². The van der Waals surface area contributed by atoms with Gasteiger partial charge in [-0.1, -0.05) is 48.5 Å². The Labute approximate surface area is 209 Å². The first kappa shape index (κ1) is 24.6. The molecule has 6 heteroatoms. The number of urea groups is 1. The smallest absolute Gasteiger partial charge is 0.317 e. The summed E-state index contributed by atoms with van der Waals surface area (Å²) in [4.78, 5) is 20.8. The van der Waals surface area contributed by atoms with E-state index in [9.17, 15) is 4.79 Å². The summed E-state index contributed by atoms with van der Waals surface area (Å²) in [6.07, 6.45) is 8.39. The number of rotatable bonds is 4. The minimum Gasteiger partial charge on any atom is -0.361 e. The van der Waals surface area contributed by atoms with Crippen LogP contribution in [0.1, 0.15) is 55.6 Å². The van der Waals surface area contributed by atoms with E-state index >= 15 is 0 Å². The molecule has 0 bridgehead atoms. The zero-order chi connectivity index (χ0) is 22.8. The van der Waals surface area contributed by atoms with Crippen LogP contribution in [0.4, 0.5) is 4.79 Å². The summed E-state index contributed by atoms with van der Waals surface area (Å²) in [6.45, 7) is 1.66. The van der Waals surface area contributed by atoms with Crippen LogP contribution in [-0.4, -0.2) is 54.0 Å². The molecule has 2 fully saturated rings. The van der Waals surface area contributed by atoms with Crippen LogP contribution in [0, 0.1) is 0 Å². The fourth-order valence-electron chi connectivity index (χ4n) is 6.07.